The molecule has 0 fully saturated rings. The summed E-state index contributed by atoms with van der Waals surface area (Å²) in [7, 11) is 0. The van der Waals surface area contributed by atoms with E-state index in [9.17, 15) is 0 Å². The molecule has 2 rings (SSSR count). The highest BCUT2D eigenvalue weighted by Crippen LogP contribution is 2.23. The summed E-state index contributed by atoms with van der Waals surface area (Å²) in [6.45, 7) is 4.62. The van der Waals surface area contributed by atoms with Gasteiger partial charge >= 0.3 is 0 Å². The van der Waals surface area contributed by atoms with Crippen molar-refractivity contribution in [2.45, 2.75) is 26.5 Å². The molecular formula is C16H19NO. The Kier molecular flexibility index (Phi) is 4.00. The van der Waals surface area contributed by atoms with Crippen LogP contribution in [0.3, 0.4) is 0 Å². The normalized spacial score (nSPS) is 10.7. The first kappa shape index (κ1) is 12.7. The van der Waals surface area contributed by atoms with Gasteiger partial charge in [0.1, 0.15) is 5.75 Å². The Labute approximate surface area is 108 Å². The highest BCUT2D eigenvalue weighted by molar-refractivity contribution is 5.64. The summed E-state index contributed by atoms with van der Waals surface area (Å²) in [6, 6.07) is 16.5. The fourth-order valence-electron chi connectivity index (χ4n) is 1.88. The van der Waals surface area contributed by atoms with Crippen molar-refractivity contribution in [3.05, 3.63) is 54.1 Å². The van der Waals surface area contributed by atoms with Crippen LogP contribution in [-0.2, 0) is 6.54 Å². The summed E-state index contributed by atoms with van der Waals surface area (Å²) < 4.78 is 5.63. The van der Waals surface area contributed by atoms with Gasteiger partial charge in [-0.2, -0.15) is 0 Å². The summed E-state index contributed by atoms with van der Waals surface area (Å²) >= 11 is 0. The van der Waals surface area contributed by atoms with Crippen molar-refractivity contribution in [2.75, 3.05) is 0 Å². The second kappa shape index (κ2) is 5.69. The van der Waals surface area contributed by atoms with E-state index in [2.05, 4.69) is 24.3 Å². The molecule has 2 N–H and O–H groups in total. The van der Waals surface area contributed by atoms with Crippen molar-refractivity contribution < 1.29 is 4.74 Å². The smallest absolute Gasteiger partial charge is 0.119 e. The molecule has 0 spiro atoms. The van der Waals surface area contributed by atoms with Crippen LogP contribution in [0.2, 0.25) is 0 Å². The maximum atomic E-state index is 5.66. The van der Waals surface area contributed by atoms with Crippen LogP contribution in [0.25, 0.3) is 11.1 Å². The summed E-state index contributed by atoms with van der Waals surface area (Å²) in [5.41, 5.74) is 9.17. The Bertz CT molecular complexity index is 503. The van der Waals surface area contributed by atoms with Crippen LogP contribution < -0.4 is 10.5 Å². The fraction of sp³-hybridized carbons (Fsp3) is 0.250. The first-order chi connectivity index (χ1) is 8.69. The molecule has 0 bridgehead atoms. The minimum Gasteiger partial charge on any atom is -0.491 e. The highest BCUT2D eigenvalue weighted by atomic mass is 16.5. The van der Waals surface area contributed by atoms with E-state index in [0.717, 1.165) is 11.3 Å². The summed E-state index contributed by atoms with van der Waals surface area (Å²) in [6.07, 6.45) is 0.205. The molecule has 0 atom stereocenters. The Morgan fingerprint density at radius 3 is 2.33 bits per heavy atom. The molecule has 0 aliphatic heterocycles. The van der Waals surface area contributed by atoms with Crippen molar-refractivity contribution in [1.82, 2.24) is 0 Å². The van der Waals surface area contributed by atoms with Gasteiger partial charge in [-0.15, -0.1) is 0 Å². The van der Waals surface area contributed by atoms with Crippen molar-refractivity contribution in [3.8, 4) is 16.9 Å². The van der Waals surface area contributed by atoms with Gasteiger partial charge in [0.2, 0.25) is 0 Å². The maximum Gasteiger partial charge on any atom is 0.119 e. The van der Waals surface area contributed by atoms with E-state index >= 15 is 0 Å². The monoisotopic (exact) mass is 241 g/mol. The van der Waals surface area contributed by atoms with E-state index in [1.165, 1.54) is 11.1 Å². The molecule has 0 aliphatic rings. The average molecular weight is 241 g/mol. The third kappa shape index (κ3) is 3.11. The molecule has 0 saturated carbocycles. The van der Waals surface area contributed by atoms with Crippen molar-refractivity contribution in [1.29, 1.82) is 0 Å². The van der Waals surface area contributed by atoms with Gasteiger partial charge in [-0.3, -0.25) is 0 Å². The largest absolute Gasteiger partial charge is 0.491 e. The third-order valence-corrected chi connectivity index (χ3v) is 2.72. The number of rotatable bonds is 4. The lowest BCUT2D eigenvalue weighted by molar-refractivity contribution is 0.242. The predicted octanol–water partition coefficient (Wildman–Crippen LogP) is 3.60. The summed E-state index contributed by atoms with van der Waals surface area (Å²) in [5.74, 6) is 0.906. The van der Waals surface area contributed by atoms with Crippen molar-refractivity contribution >= 4 is 0 Å². The standard InChI is InChI=1S/C16H19NO/c1-12(2)18-16-8-6-14(7-9-16)15-5-3-4-13(10-15)11-17/h3-10,12H,11,17H2,1-2H3. The van der Waals surface area contributed by atoms with E-state index in [4.69, 9.17) is 10.5 Å². The van der Waals surface area contributed by atoms with Crippen LogP contribution in [-0.4, -0.2) is 6.10 Å². The molecule has 0 unspecified atom stereocenters. The molecule has 0 radical (unpaired) electrons. The van der Waals surface area contributed by atoms with Crippen molar-refractivity contribution in [3.63, 3.8) is 0 Å². The summed E-state index contributed by atoms with van der Waals surface area (Å²) in [4.78, 5) is 0. The van der Waals surface area contributed by atoms with Crippen LogP contribution in [0.1, 0.15) is 19.4 Å². The zero-order chi connectivity index (χ0) is 13.0. The van der Waals surface area contributed by atoms with Crippen LogP contribution in [0.5, 0.6) is 5.75 Å². The van der Waals surface area contributed by atoms with Gasteiger partial charge in [0.15, 0.2) is 0 Å². The molecule has 94 valence electrons. The molecule has 2 heteroatoms. The number of hydrogen-bond acceptors (Lipinski definition) is 2. The molecule has 2 nitrogen and oxygen atoms in total. The van der Waals surface area contributed by atoms with E-state index < -0.39 is 0 Å². The zero-order valence-electron chi connectivity index (χ0n) is 10.9. The maximum absolute atomic E-state index is 5.66. The average Bonchev–Trinajstić information content (AvgIpc) is 2.39. The first-order valence-electron chi connectivity index (χ1n) is 6.25. The summed E-state index contributed by atoms with van der Waals surface area (Å²) in [5, 5.41) is 0. The predicted molar refractivity (Wildman–Crippen MR) is 75.5 cm³/mol. The first-order valence-corrected chi connectivity index (χ1v) is 6.25. The molecule has 2 aromatic rings. The van der Waals surface area contributed by atoms with Gasteiger partial charge in [-0.25, -0.2) is 0 Å². The van der Waals surface area contributed by atoms with Gasteiger partial charge in [0.05, 0.1) is 6.10 Å². The van der Waals surface area contributed by atoms with Gasteiger partial charge in [0.25, 0.3) is 0 Å². The van der Waals surface area contributed by atoms with E-state index in [1.807, 2.05) is 38.1 Å². The Hall–Kier alpha value is -1.80. The Balaban J connectivity index is 2.22. The second-order valence-electron chi connectivity index (χ2n) is 4.60. The lowest BCUT2D eigenvalue weighted by Gasteiger charge is -2.10. The van der Waals surface area contributed by atoms with E-state index in [0.29, 0.717) is 6.54 Å². The van der Waals surface area contributed by atoms with E-state index in [1.54, 1.807) is 0 Å². The minimum atomic E-state index is 0.205. The van der Waals surface area contributed by atoms with Crippen molar-refractivity contribution in [2.24, 2.45) is 5.73 Å². The molecule has 0 aliphatic carbocycles. The third-order valence-electron chi connectivity index (χ3n) is 2.72. The topological polar surface area (TPSA) is 35.2 Å². The number of benzene rings is 2. The quantitative estimate of drug-likeness (QED) is 0.887. The lowest BCUT2D eigenvalue weighted by Crippen LogP contribution is -2.05. The molecular weight excluding hydrogens is 222 g/mol. The minimum absolute atomic E-state index is 0.205. The van der Waals surface area contributed by atoms with Gasteiger partial charge in [-0.05, 0) is 48.7 Å². The van der Waals surface area contributed by atoms with Gasteiger partial charge in [0, 0.05) is 6.54 Å². The number of nitrogens with two attached hydrogens (primary N) is 1. The zero-order valence-corrected chi connectivity index (χ0v) is 10.9. The Morgan fingerprint density at radius 1 is 1.00 bits per heavy atom. The fourth-order valence-corrected chi connectivity index (χ4v) is 1.88. The van der Waals surface area contributed by atoms with Crippen LogP contribution in [0.15, 0.2) is 48.5 Å². The lowest BCUT2D eigenvalue weighted by atomic mass is 10.0. The number of ether oxygens (including phenoxy) is 1. The van der Waals surface area contributed by atoms with Crippen LogP contribution in [0, 0.1) is 0 Å². The molecule has 18 heavy (non-hydrogen) atoms. The molecule has 0 heterocycles. The highest BCUT2D eigenvalue weighted by Gasteiger charge is 2.01. The second-order valence-corrected chi connectivity index (χ2v) is 4.60. The SMILES string of the molecule is CC(C)Oc1ccc(-c2cccc(CN)c2)cc1. The molecule has 0 amide bonds. The van der Waals surface area contributed by atoms with Gasteiger partial charge in [-0.1, -0.05) is 30.3 Å². The van der Waals surface area contributed by atoms with Crippen LogP contribution >= 0.6 is 0 Å². The van der Waals surface area contributed by atoms with E-state index in [-0.39, 0.29) is 6.10 Å². The molecule has 2 aromatic carbocycles. The van der Waals surface area contributed by atoms with Crippen LogP contribution in [0.4, 0.5) is 0 Å². The molecule has 0 saturated heterocycles. The van der Waals surface area contributed by atoms with Gasteiger partial charge < -0.3 is 10.5 Å². The molecule has 0 aromatic heterocycles. The Morgan fingerprint density at radius 2 is 1.72 bits per heavy atom. The number of hydrogen-bond donors (Lipinski definition) is 1.